The second-order valence-electron chi connectivity index (χ2n) is 4.83. The van der Waals surface area contributed by atoms with E-state index in [9.17, 15) is 10.1 Å². The van der Waals surface area contributed by atoms with Crippen molar-refractivity contribution in [1.29, 1.82) is 0 Å². The molecule has 1 aliphatic rings. The number of benzene rings is 1. The molecule has 6 nitrogen and oxygen atoms in total. The average molecular weight is 266 g/mol. The quantitative estimate of drug-likeness (QED) is 0.644. The van der Waals surface area contributed by atoms with E-state index in [4.69, 9.17) is 9.84 Å². The highest BCUT2D eigenvalue weighted by Crippen LogP contribution is 2.27. The predicted molar refractivity (Wildman–Crippen MR) is 70.1 cm³/mol. The molecule has 1 heterocycles. The number of ether oxygens (including phenoxy) is 1. The van der Waals surface area contributed by atoms with Crippen molar-refractivity contribution in [2.24, 2.45) is 5.92 Å². The highest BCUT2D eigenvalue weighted by molar-refractivity contribution is 5.43. The molecule has 1 aromatic carbocycles. The minimum Gasteiger partial charge on any atom is -0.496 e. The zero-order chi connectivity index (χ0) is 13.8. The molecule has 0 saturated carbocycles. The number of nitrogens with zero attached hydrogens (tertiary/aromatic N) is 2. The monoisotopic (exact) mass is 266 g/mol. The molecule has 0 aliphatic carbocycles. The first-order valence-electron chi connectivity index (χ1n) is 6.28. The van der Waals surface area contributed by atoms with Gasteiger partial charge in [0, 0.05) is 37.4 Å². The molecule has 6 heteroatoms. The van der Waals surface area contributed by atoms with E-state index in [0.717, 1.165) is 25.1 Å². The molecule has 1 saturated heterocycles. The van der Waals surface area contributed by atoms with Gasteiger partial charge in [-0.05, 0) is 24.9 Å². The van der Waals surface area contributed by atoms with E-state index in [2.05, 4.69) is 4.90 Å². The third-order valence-electron chi connectivity index (χ3n) is 3.50. The summed E-state index contributed by atoms with van der Waals surface area (Å²) in [5.41, 5.74) is 0.893. The van der Waals surface area contributed by atoms with Crippen LogP contribution in [-0.2, 0) is 6.54 Å². The molecule has 2 rings (SSSR count). The normalized spacial score (nSPS) is 19.6. The van der Waals surface area contributed by atoms with Gasteiger partial charge in [-0.25, -0.2) is 0 Å². The summed E-state index contributed by atoms with van der Waals surface area (Å²) in [6, 6.07) is 4.64. The largest absolute Gasteiger partial charge is 0.496 e. The van der Waals surface area contributed by atoms with Crippen LogP contribution in [0.4, 0.5) is 5.69 Å². The van der Waals surface area contributed by atoms with Gasteiger partial charge in [0.15, 0.2) is 0 Å². The van der Waals surface area contributed by atoms with Crippen LogP contribution in [0.5, 0.6) is 5.75 Å². The van der Waals surface area contributed by atoms with Crippen LogP contribution < -0.4 is 4.74 Å². The fourth-order valence-electron chi connectivity index (χ4n) is 2.45. The van der Waals surface area contributed by atoms with Gasteiger partial charge in [-0.15, -0.1) is 0 Å². The van der Waals surface area contributed by atoms with Crippen LogP contribution in [0.2, 0.25) is 0 Å². The summed E-state index contributed by atoms with van der Waals surface area (Å²) in [5, 5.41) is 19.9. The molecule has 104 valence electrons. The van der Waals surface area contributed by atoms with Crippen LogP contribution in [-0.4, -0.2) is 41.7 Å². The Labute approximate surface area is 111 Å². The number of aliphatic hydroxyl groups is 1. The summed E-state index contributed by atoms with van der Waals surface area (Å²) in [6.45, 7) is 2.53. The number of likely N-dealkylation sites (tertiary alicyclic amines) is 1. The summed E-state index contributed by atoms with van der Waals surface area (Å²) < 4.78 is 5.24. The van der Waals surface area contributed by atoms with Gasteiger partial charge in [-0.3, -0.25) is 15.0 Å². The predicted octanol–water partition coefficient (Wildman–Crippen LogP) is 1.42. The van der Waals surface area contributed by atoms with E-state index in [1.54, 1.807) is 19.2 Å². The first-order chi connectivity index (χ1) is 9.13. The Morgan fingerprint density at radius 2 is 2.37 bits per heavy atom. The zero-order valence-corrected chi connectivity index (χ0v) is 10.9. The fourth-order valence-corrected chi connectivity index (χ4v) is 2.45. The smallest absolute Gasteiger partial charge is 0.270 e. The maximum atomic E-state index is 10.8. The van der Waals surface area contributed by atoms with Crippen molar-refractivity contribution in [3.63, 3.8) is 0 Å². The Hall–Kier alpha value is -1.66. The molecule has 19 heavy (non-hydrogen) atoms. The van der Waals surface area contributed by atoms with E-state index in [1.807, 2.05) is 0 Å². The lowest BCUT2D eigenvalue weighted by atomic mass is 10.1. The second kappa shape index (κ2) is 5.99. The molecule has 0 amide bonds. The minimum absolute atomic E-state index is 0.0775. The van der Waals surface area contributed by atoms with E-state index >= 15 is 0 Å². The molecule has 1 aromatic rings. The Morgan fingerprint density at radius 3 is 2.95 bits per heavy atom. The Morgan fingerprint density at radius 1 is 1.58 bits per heavy atom. The van der Waals surface area contributed by atoms with Crippen LogP contribution in [0, 0.1) is 16.0 Å². The van der Waals surface area contributed by atoms with E-state index in [1.165, 1.54) is 6.07 Å². The molecule has 0 bridgehead atoms. The standard InChI is InChI=1S/C13H18N2O4/c1-19-13-3-2-12(15(17)18)6-11(13)8-14-5-4-10(7-14)9-16/h2-3,6,10,16H,4-5,7-9H2,1H3. The number of hydrogen-bond donors (Lipinski definition) is 1. The molecular formula is C13H18N2O4. The SMILES string of the molecule is COc1ccc([N+](=O)[O-])cc1CN1CCC(CO)C1. The molecule has 1 fully saturated rings. The lowest BCUT2D eigenvalue weighted by Crippen LogP contribution is -2.21. The number of non-ortho nitro benzene ring substituents is 1. The van der Waals surface area contributed by atoms with Gasteiger partial charge in [-0.1, -0.05) is 0 Å². The number of nitro groups is 1. The summed E-state index contributed by atoms with van der Waals surface area (Å²) in [4.78, 5) is 12.6. The highest BCUT2D eigenvalue weighted by atomic mass is 16.6. The van der Waals surface area contributed by atoms with Gasteiger partial charge in [-0.2, -0.15) is 0 Å². The van der Waals surface area contributed by atoms with Gasteiger partial charge in [0.2, 0.25) is 0 Å². The van der Waals surface area contributed by atoms with Crippen LogP contribution in [0.3, 0.4) is 0 Å². The van der Waals surface area contributed by atoms with Crippen LogP contribution >= 0.6 is 0 Å². The second-order valence-corrected chi connectivity index (χ2v) is 4.83. The third-order valence-corrected chi connectivity index (χ3v) is 3.50. The topological polar surface area (TPSA) is 75.8 Å². The van der Waals surface area contributed by atoms with Gasteiger partial charge in [0.25, 0.3) is 5.69 Å². The molecular weight excluding hydrogens is 248 g/mol. The lowest BCUT2D eigenvalue weighted by molar-refractivity contribution is -0.384. The van der Waals surface area contributed by atoms with Crippen LogP contribution in [0.15, 0.2) is 18.2 Å². The molecule has 1 aliphatic heterocycles. The van der Waals surface area contributed by atoms with Gasteiger partial charge in [0.05, 0.1) is 12.0 Å². The molecule has 1 atom stereocenters. The summed E-state index contributed by atoms with van der Waals surface area (Å²) in [5.74, 6) is 0.975. The third kappa shape index (κ3) is 3.21. The van der Waals surface area contributed by atoms with Crippen LogP contribution in [0.25, 0.3) is 0 Å². The number of methoxy groups -OCH3 is 1. The highest BCUT2D eigenvalue weighted by Gasteiger charge is 2.23. The summed E-state index contributed by atoms with van der Waals surface area (Å²) in [6.07, 6.45) is 0.966. The van der Waals surface area contributed by atoms with Crippen molar-refractivity contribution < 1.29 is 14.8 Å². The summed E-state index contributed by atoms with van der Waals surface area (Å²) >= 11 is 0. The number of nitro benzene ring substituents is 1. The molecule has 1 N–H and O–H groups in total. The number of aliphatic hydroxyl groups excluding tert-OH is 1. The fraction of sp³-hybridized carbons (Fsp3) is 0.538. The van der Waals surface area contributed by atoms with E-state index in [0.29, 0.717) is 18.2 Å². The van der Waals surface area contributed by atoms with Crippen molar-refractivity contribution in [3.05, 3.63) is 33.9 Å². The van der Waals surface area contributed by atoms with Crippen molar-refractivity contribution in [2.75, 3.05) is 26.8 Å². The Bertz CT molecular complexity index is 464. The van der Waals surface area contributed by atoms with Gasteiger partial charge < -0.3 is 9.84 Å². The zero-order valence-electron chi connectivity index (χ0n) is 10.9. The number of rotatable bonds is 5. The van der Waals surface area contributed by atoms with Crippen molar-refractivity contribution >= 4 is 5.69 Å². The number of hydrogen-bond acceptors (Lipinski definition) is 5. The molecule has 0 spiro atoms. The maximum Gasteiger partial charge on any atom is 0.270 e. The van der Waals surface area contributed by atoms with Crippen molar-refractivity contribution in [1.82, 2.24) is 4.90 Å². The van der Waals surface area contributed by atoms with Gasteiger partial charge >= 0.3 is 0 Å². The lowest BCUT2D eigenvalue weighted by Gasteiger charge is -2.17. The minimum atomic E-state index is -0.399. The first kappa shape index (κ1) is 13.8. The molecule has 0 radical (unpaired) electrons. The Kier molecular flexibility index (Phi) is 4.34. The molecule has 1 unspecified atom stereocenters. The van der Waals surface area contributed by atoms with Crippen LogP contribution in [0.1, 0.15) is 12.0 Å². The summed E-state index contributed by atoms with van der Waals surface area (Å²) in [7, 11) is 1.56. The average Bonchev–Trinajstić information content (AvgIpc) is 2.86. The first-order valence-corrected chi connectivity index (χ1v) is 6.28. The van der Waals surface area contributed by atoms with Crippen molar-refractivity contribution in [3.8, 4) is 5.75 Å². The van der Waals surface area contributed by atoms with Crippen molar-refractivity contribution in [2.45, 2.75) is 13.0 Å². The Balaban J connectivity index is 2.14. The van der Waals surface area contributed by atoms with E-state index < -0.39 is 4.92 Å². The maximum absolute atomic E-state index is 10.8. The molecule has 0 aromatic heterocycles. The van der Waals surface area contributed by atoms with Gasteiger partial charge in [0.1, 0.15) is 5.75 Å². The van der Waals surface area contributed by atoms with E-state index in [-0.39, 0.29) is 12.3 Å².